The molecule has 2 rings (SSSR count). The van der Waals surface area contributed by atoms with Gasteiger partial charge in [0.2, 0.25) is 0 Å². The molecule has 134 valence electrons. The standard InChI is InChI=1S/C19H31N3OS/c1-3-20-19(22-16-7-4-8-18(14-16)24-2)21-13-5-6-15-9-11-17(23)12-10-15/h9-12,16,18,23H,3-8,13-14H2,1-2H3,(H2,20,21,22). The monoisotopic (exact) mass is 349 g/mol. The summed E-state index contributed by atoms with van der Waals surface area (Å²) in [7, 11) is 0. The summed E-state index contributed by atoms with van der Waals surface area (Å²) in [6.07, 6.45) is 9.35. The van der Waals surface area contributed by atoms with E-state index >= 15 is 0 Å². The third-order valence-electron chi connectivity index (χ3n) is 4.47. The van der Waals surface area contributed by atoms with Gasteiger partial charge in [0.05, 0.1) is 0 Å². The lowest BCUT2D eigenvalue weighted by atomic mass is 9.95. The molecule has 1 aliphatic rings. The maximum absolute atomic E-state index is 9.31. The highest BCUT2D eigenvalue weighted by molar-refractivity contribution is 7.99. The van der Waals surface area contributed by atoms with Crippen molar-refractivity contribution in [3.05, 3.63) is 29.8 Å². The van der Waals surface area contributed by atoms with E-state index < -0.39 is 0 Å². The Morgan fingerprint density at radius 1 is 1.29 bits per heavy atom. The maximum atomic E-state index is 9.31. The molecule has 1 saturated carbocycles. The molecule has 4 nitrogen and oxygen atoms in total. The molecular weight excluding hydrogens is 318 g/mol. The van der Waals surface area contributed by atoms with Crippen molar-refractivity contribution in [3.63, 3.8) is 0 Å². The van der Waals surface area contributed by atoms with Gasteiger partial charge in [-0.05, 0) is 63.0 Å². The molecule has 2 unspecified atom stereocenters. The van der Waals surface area contributed by atoms with Crippen LogP contribution in [0.4, 0.5) is 0 Å². The number of benzene rings is 1. The number of phenols is 1. The lowest BCUT2D eigenvalue weighted by molar-refractivity contribution is 0.419. The highest BCUT2D eigenvalue weighted by Crippen LogP contribution is 2.26. The van der Waals surface area contributed by atoms with E-state index in [1.54, 1.807) is 12.1 Å². The van der Waals surface area contributed by atoms with Crippen molar-refractivity contribution in [1.29, 1.82) is 0 Å². The number of rotatable bonds is 7. The average molecular weight is 350 g/mol. The predicted molar refractivity (Wildman–Crippen MR) is 105 cm³/mol. The molecule has 0 spiro atoms. The average Bonchev–Trinajstić information content (AvgIpc) is 2.60. The zero-order chi connectivity index (χ0) is 17.2. The lowest BCUT2D eigenvalue weighted by Crippen LogP contribution is -2.45. The number of hydrogen-bond acceptors (Lipinski definition) is 3. The van der Waals surface area contributed by atoms with E-state index in [-0.39, 0.29) is 0 Å². The van der Waals surface area contributed by atoms with Crippen LogP contribution in [0.15, 0.2) is 29.3 Å². The maximum Gasteiger partial charge on any atom is 0.191 e. The van der Waals surface area contributed by atoms with Gasteiger partial charge >= 0.3 is 0 Å². The van der Waals surface area contributed by atoms with E-state index in [2.05, 4.69) is 23.8 Å². The van der Waals surface area contributed by atoms with Gasteiger partial charge < -0.3 is 15.7 Å². The fraction of sp³-hybridized carbons (Fsp3) is 0.632. The molecule has 1 aromatic rings. The van der Waals surface area contributed by atoms with Crippen LogP contribution >= 0.6 is 11.8 Å². The largest absolute Gasteiger partial charge is 0.508 e. The SMILES string of the molecule is CCNC(=NCCCc1ccc(O)cc1)NC1CCCC(SC)C1. The molecule has 1 fully saturated rings. The molecule has 3 N–H and O–H groups in total. The molecular formula is C19H31N3OS. The Kier molecular flexibility index (Phi) is 8.29. The second kappa shape index (κ2) is 10.5. The van der Waals surface area contributed by atoms with E-state index in [9.17, 15) is 5.11 Å². The van der Waals surface area contributed by atoms with Crippen molar-refractivity contribution in [2.75, 3.05) is 19.3 Å². The Morgan fingerprint density at radius 3 is 2.79 bits per heavy atom. The Balaban J connectivity index is 1.78. The van der Waals surface area contributed by atoms with Gasteiger partial charge in [-0.2, -0.15) is 11.8 Å². The molecule has 0 heterocycles. The molecule has 24 heavy (non-hydrogen) atoms. The van der Waals surface area contributed by atoms with Crippen LogP contribution in [-0.4, -0.2) is 41.7 Å². The zero-order valence-electron chi connectivity index (χ0n) is 14.9. The normalized spacial score (nSPS) is 21.5. The van der Waals surface area contributed by atoms with E-state index in [0.717, 1.165) is 37.1 Å². The first-order chi connectivity index (χ1) is 11.7. The summed E-state index contributed by atoms with van der Waals surface area (Å²) < 4.78 is 0. The number of aryl methyl sites for hydroxylation is 1. The van der Waals surface area contributed by atoms with E-state index in [1.165, 1.54) is 31.2 Å². The van der Waals surface area contributed by atoms with Gasteiger partial charge in [-0.25, -0.2) is 0 Å². The fourth-order valence-corrected chi connectivity index (χ4v) is 3.97. The first-order valence-corrected chi connectivity index (χ1v) is 10.4. The molecule has 2 atom stereocenters. The van der Waals surface area contributed by atoms with Crippen LogP contribution in [0.25, 0.3) is 0 Å². The summed E-state index contributed by atoms with van der Waals surface area (Å²) in [5.74, 6) is 1.28. The van der Waals surface area contributed by atoms with Crippen LogP contribution in [0.3, 0.4) is 0 Å². The molecule has 0 bridgehead atoms. The summed E-state index contributed by atoms with van der Waals surface area (Å²) in [6.45, 7) is 3.82. The minimum atomic E-state index is 0.325. The van der Waals surface area contributed by atoms with Crippen LogP contribution in [0.5, 0.6) is 5.75 Å². The van der Waals surface area contributed by atoms with E-state index in [1.807, 2.05) is 23.9 Å². The number of hydrogen-bond donors (Lipinski definition) is 3. The number of nitrogens with one attached hydrogen (secondary N) is 2. The van der Waals surface area contributed by atoms with Gasteiger partial charge in [0.15, 0.2) is 5.96 Å². The van der Waals surface area contributed by atoms with Crippen LogP contribution in [-0.2, 0) is 6.42 Å². The highest BCUT2D eigenvalue weighted by Gasteiger charge is 2.21. The summed E-state index contributed by atoms with van der Waals surface area (Å²) in [6, 6.07) is 8.00. The Labute approximate surface area is 150 Å². The molecule has 0 amide bonds. The highest BCUT2D eigenvalue weighted by atomic mass is 32.2. The minimum Gasteiger partial charge on any atom is -0.508 e. The van der Waals surface area contributed by atoms with Gasteiger partial charge in [0.1, 0.15) is 5.75 Å². The van der Waals surface area contributed by atoms with Crippen molar-refractivity contribution in [1.82, 2.24) is 10.6 Å². The van der Waals surface area contributed by atoms with Crippen LogP contribution in [0.2, 0.25) is 0 Å². The number of aliphatic imine (C=N–C) groups is 1. The van der Waals surface area contributed by atoms with Crippen LogP contribution < -0.4 is 10.6 Å². The van der Waals surface area contributed by atoms with Gasteiger partial charge in [0.25, 0.3) is 0 Å². The lowest BCUT2D eigenvalue weighted by Gasteiger charge is -2.29. The molecule has 0 aliphatic heterocycles. The summed E-state index contributed by atoms with van der Waals surface area (Å²) in [5, 5.41) is 17.1. The molecule has 1 aromatic carbocycles. The van der Waals surface area contributed by atoms with E-state index in [0.29, 0.717) is 11.8 Å². The second-order valence-corrected chi connectivity index (χ2v) is 7.53. The van der Waals surface area contributed by atoms with Crippen LogP contribution in [0, 0.1) is 0 Å². The predicted octanol–water partition coefficient (Wildman–Crippen LogP) is 3.55. The Hall–Kier alpha value is -1.36. The molecule has 1 aliphatic carbocycles. The third-order valence-corrected chi connectivity index (χ3v) is 5.57. The van der Waals surface area contributed by atoms with Crippen molar-refractivity contribution < 1.29 is 5.11 Å². The summed E-state index contributed by atoms with van der Waals surface area (Å²) >= 11 is 1.99. The quantitative estimate of drug-likeness (QED) is 0.400. The number of aromatic hydroxyl groups is 1. The molecule has 0 radical (unpaired) electrons. The topological polar surface area (TPSA) is 56.7 Å². The van der Waals surface area contributed by atoms with Crippen molar-refractivity contribution in [2.45, 2.75) is 56.7 Å². The van der Waals surface area contributed by atoms with Gasteiger partial charge in [0, 0.05) is 24.4 Å². The van der Waals surface area contributed by atoms with Crippen molar-refractivity contribution in [3.8, 4) is 5.75 Å². The Morgan fingerprint density at radius 2 is 2.08 bits per heavy atom. The number of nitrogens with zero attached hydrogens (tertiary/aromatic N) is 1. The number of phenolic OH excluding ortho intramolecular Hbond substituents is 1. The summed E-state index contributed by atoms with van der Waals surface area (Å²) in [4.78, 5) is 4.73. The zero-order valence-corrected chi connectivity index (χ0v) is 15.7. The second-order valence-electron chi connectivity index (χ2n) is 6.40. The molecule has 0 saturated heterocycles. The first kappa shape index (κ1) is 19.0. The number of thioether (sulfide) groups is 1. The summed E-state index contributed by atoms with van der Waals surface area (Å²) in [5.41, 5.74) is 1.25. The van der Waals surface area contributed by atoms with Crippen molar-refractivity contribution >= 4 is 17.7 Å². The van der Waals surface area contributed by atoms with Crippen molar-refractivity contribution in [2.24, 2.45) is 4.99 Å². The molecule has 0 aromatic heterocycles. The van der Waals surface area contributed by atoms with E-state index in [4.69, 9.17) is 4.99 Å². The minimum absolute atomic E-state index is 0.325. The number of guanidine groups is 1. The van der Waals surface area contributed by atoms with Crippen LogP contribution in [0.1, 0.15) is 44.6 Å². The van der Waals surface area contributed by atoms with Gasteiger partial charge in [-0.1, -0.05) is 18.6 Å². The first-order valence-electron chi connectivity index (χ1n) is 9.06. The molecule has 5 heteroatoms. The smallest absolute Gasteiger partial charge is 0.191 e. The third kappa shape index (κ3) is 6.63. The fourth-order valence-electron chi connectivity index (χ4n) is 3.14. The Bertz CT molecular complexity index is 504. The van der Waals surface area contributed by atoms with Gasteiger partial charge in [-0.3, -0.25) is 4.99 Å². The van der Waals surface area contributed by atoms with Gasteiger partial charge in [-0.15, -0.1) is 0 Å².